The molecule has 7 heteroatoms. The van der Waals surface area contributed by atoms with Crippen molar-refractivity contribution in [3.8, 4) is 11.5 Å². The third-order valence-electron chi connectivity index (χ3n) is 4.43. The lowest BCUT2D eigenvalue weighted by atomic mass is 10.1. The molecule has 0 spiro atoms. The summed E-state index contributed by atoms with van der Waals surface area (Å²) >= 11 is 0. The van der Waals surface area contributed by atoms with Crippen molar-refractivity contribution in [2.75, 3.05) is 6.61 Å². The summed E-state index contributed by atoms with van der Waals surface area (Å²) in [7, 11) is 0. The van der Waals surface area contributed by atoms with E-state index in [1.165, 1.54) is 13.8 Å². The third kappa shape index (κ3) is 7.17. The summed E-state index contributed by atoms with van der Waals surface area (Å²) in [5.74, 6) is 0.268. The standard InChI is InChI=1S/C23H26O7/c1-16(24)27-19-8-10-20(11-9-19)29-23-13-21(28-17(2)25)12-22(30-23)15-26-14-18-6-4-3-5-7-18/h3-11,21-23H,12-15H2,1-2H3. The first-order chi connectivity index (χ1) is 14.5. The third-order valence-corrected chi connectivity index (χ3v) is 4.43. The molecule has 3 atom stereocenters. The van der Waals surface area contributed by atoms with Gasteiger partial charge in [-0.05, 0) is 29.8 Å². The van der Waals surface area contributed by atoms with Crippen molar-refractivity contribution < 1.29 is 33.3 Å². The van der Waals surface area contributed by atoms with Crippen LogP contribution in [-0.4, -0.2) is 37.0 Å². The van der Waals surface area contributed by atoms with Gasteiger partial charge in [0.25, 0.3) is 0 Å². The first-order valence-electron chi connectivity index (χ1n) is 9.87. The summed E-state index contributed by atoms with van der Waals surface area (Å²) in [6.45, 7) is 3.56. The highest BCUT2D eigenvalue weighted by Gasteiger charge is 2.33. The van der Waals surface area contributed by atoms with E-state index in [0.29, 0.717) is 37.6 Å². The molecule has 1 heterocycles. The molecule has 1 fully saturated rings. The van der Waals surface area contributed by atoms with Crippen LogP contribution in [0.1, 0.15) is 32.3 Å². The lowest BCUT2D eigenvalue weighted by Gasteiger charge is -2.34. The maximum absolute atomic E-state index is 11.4. The zero-order chi connectivity index (χ0) is 21.3. The zero-order valence-electron chi connectivity index (χ0n) is 17.1. The molecule has 1 aliphatic heterocycles. The molecule has 2 aromatic rings. The molecule has 3 unspecified atom stereocenters. The molecule has 1 saturated heterocycles. The number of rotatable bonds is 8. The average molecular weight is 414 g/mol. The van der Waals surface area contributed by atoms with E-state index in [9.17, 15) is 9.59 Å². The Bertz CT molecular complexity index is 819. The highest BCUT2D eigenvalue weighted by Crippen LogP contribution is 2.27. The molecule has 0 bridgehead atoms. The first kappa shape index (κ1) is 21.8. The maximum atomic E-state index is 11.4. The highest BCUT2D eigenvalue weighted by molar-refractivity contribution is 5.69. The summed E-state index contributed by atoms with van der Waals surface area (Å²) < 4.78 is 28.1. The molecule has 0 aliphatic carbocycles. The van der Waals surface area contributed by atoms with Gasteiger partial charge in [-0.25, -0.2) is 0 Å². The molecule has 160 valence electrons. The van der Waals surface area contributed by atoms with Crippen molar-refractivity contribution in [3.63, 3.8) is 0 Å². The molecule has 0 saturated carbocycles. The van der Waals surface area contributed by atoms with Crippen LogP contribution < -0.4 is 9.47 Å². The van der Waals surface area contributed by atoms with Crippen LogP contribution in [0.5, 0.6) is 11.5 Å². The Morgan fingerprint density at radius 2 is 1.63 bits per heavy atom. The van der Waals surface area contributed by atoms with Gasteiger partial charge in [-0.2, -0.15) is 0 Å². The largest absolute Gasteiger partial charge is 0.465 e. The number of hydrogen-bond donors (Lipinski definition) is 0. The fourth-order valence-corrected chi connectivity index (χ4v) is 3.23. The topological polar surface area (TPSA) is 80.3 Å². The van der Waals surface area contributed by atoms with E-state index < -0.39 is 6.29 Å². The summed E-state index contributed by atoms with van der Waals surface area (Å²) in [5, 5.41) is 0. The van der Waals surface area contributed by atoms with Gasteiger partial charge in [0.15, 0.2) is 0 Å². The van der Waals surface area contributed by atoms with Crippen LogP contribution in [0.25, 0.3) is 0 Å². The Morgan fingerprint density at radius 1 is 0.933 bits per heavy atom. The van der Waals surface area contributed by atoms with Gasteiger partial charge in [0.05, 0.1) is 19.3 Å². The fraction of sp³-hybridized carbons (Fsp3) is 0.391. The molecule has 30 heavy (non-hydrogen) atoms. The lowest BCUT2D eigenvalue weighted by molar-refractivity contribution is -0.200. The van der Waals surface area contributed by atoms with Crippen molar-refractivity contribution in [3.05, 3.63) is 60.2 Å². The van der Waals surface area contributed by atoms with Crippen LogP contribution in [0, 0.1) is 0 Å². The van der Waals surface area contributed by atoms with Gasteiger partial charge in [-0.15, -0.1) is 0 Å². The van der Waals surface area contributed by atoms with Gasteiger partial charge in [0, 0.05) is 26.7 Å². The Kier molecular flexibility index (Phi) is 7.82. The van der Waals surface area contributed by atoms with E-state index in [4.69, 9.17) is 23.7 Å². The van der Waals surface area contributed by atoms with Crippen LogP contribution in [0.15, 0.2) is 54.6 Å². The van der Waals surface area contributed by atoms with E-state index in [1.54, 1.807) is 24.3 Å². The van der Waals surface area contributed by atoms with Crippen LogP contribution in [0.2, 0.25) is 0 Å². The SMILES string of the molecule is CC(=O)Oc1ccc(OC2CC(OC(C)=O)CC(COCc3ccccc3)O2)cc1. The van der Waals surface area contributed by atoms with Crippen molar-refractivity contribution in [1.29, 1.82) is 0 Å². The summed E-state index contributed by atoms with van der Waals surface area (Å²) in [6, 6.07) is 16.5. The van der Waals surface area contributed by atoms with Gasteiger partial charge in [0.2, 0.25) is 6.29 Å². The van der Waals surface area contributed by atoms with Crippen molar-refractivity contribution >= 4 is 11.9 Å². The number of esters is 2. The quantitative estimate of drug-likeness (QED) is 0.482. The predicted molar refractivity (Wildman–Crippen MR) is 108 cm³/mol. The van der Waals surface area contributed by atoms with Crippen molar-refractivity contribution in [1.82, 2.24) is 0 Å². The molecule has 0 radical (unpaired) electrons. The van der Waals surface area contributed by atoms with Crippen LogP contribution in [-0.2, 0) is 30.4 Å². The van der Waals surface area contributed by atoms with Crippen LogP contribution >= 0.6 is 0 Å². The molecular weight excluding hydrogens is 388 g/mol. The molecule has 0 amide bonds. The fourth-order valence-electron chi connectivity index (χ4n) is 3.23. The molecule has 1 aliphatic rings. The van der Waals surface area contributed by atoms with Gasteiger partial charge in [0.1, 0.15) is 17.6 Å². The minimum atomic E-state index is -0.590. The number of carbonyl (C=O) groups excluding carboxylic acids is 2. The summed E-state index contributed by atoms with van der Waals surface area (Å²) in [4.78, 5) is 22.5. The molecule has 0 N–H and O–H groups in total. The normalized spacial score (nSPS) is 20.9. The molecule has 2 aromatic carbocycles. The highest BCUT2D eigenvalue weighted by atomic mass is 16.7. The van der Waals surface area contributed by atoms with Crippen LogP contribution in [0.3, 0.4) is 0 Å². The lowest BCUT2D eigenvalue weighted by Crippen LogP contribution is -2.42. The van der Waals surface area contributed by atoms with E-state index in [2.05, 4.69) is 0 Å². The van der Waals surface area contributed by atoms with Crippen LogP contribution in [0.4, 0.5) is 0 Å². The van der Waals surface area contributed by atoms with Crippen molar-refractivity contribution in [2.24, 2.45) is 0 Å². The minimum absolute atomic E-state index is 0.267. The summed E-state index contributed by atoms with van der Waals surface area (Å²) in [6.07, 6.45) is -0.211. The number of hydrogen-bond acceptors (Lipinski definition) is 7. The number of carbonyl (C=O) groups is 2. The van der Waals surface area contributed by atoms with E-state index in [0.717, 1.165) is 5.56 Å². The van der Waals surface area contributed by atoms with E-state index in [-0.39, 0.29) is 24.1 Å². The second kappa shape index (κ2) is 10.8. The van der Waals surface area contributed by atoms with Gasteiger partial charge >= 0.3 is 11.9 Å². The predicted octanol–water partition coefficient (Wildman–Crippen LogP) is 3.64. The Morgan fingerprint density at radius 3 is 2.30 bits per heavy atom. The van der Waals surface area contributed by atoms with Gasteiger partial charge in [-0.1, -0.05) is 30.3 Å². The second-order valence-electron chi connectivity index (χ2n) is 7.07. The van der Waals surface area contributed by atoms with E-state index >= 15 is 0 Å². The Balaban J connectivity index is 1.56. The van der Waals surface area contributed by atoms with Crippen molar-refractivity contribution in [2.45, 2.75) is 51.8 Å². The second-order valence-corrected chi connectivity index (χ2v) is 7.07. The average Bonchev–Trinajstić information content (AvgIpc) is 2.69. The van der Waals surface area contributed by atoms with E-state index in [1.807, 2.05) is 30.3 Å². The zero-order valence-corrected chi connectivity index (χ0v) is 17.1. The Hall–Kier alpha value is -2.90. The molecule has 7 nitrogen and oxygen atoms in total. The monoisotopic (exact) mass is 414 g/mol. The van der Waals surface area contributed by atoms with Gasteiger partial charge in [-0.3, -0.25) is 9.59 Å². The Labute approximate surface area is 175 Å². The molecule has 0 aromatic heterocycles. The maximum Gasteiger partial charge on any atom is 0.308 e. The molecular formula is C23H26O7. The van der Waals surface area contributed by atoms with Gasteiger partial charge < -0.3 is 23.7 Å². The summed E-state index contributed by atoms with van der Waals surface area (Å²) in [5.41, 5.74) is 1.07. The smallest absolute Gasteiger partial charge is 0.308 e. The number of ether oxygens (including phenoxy) is 5. The minimum Gasteiger partial charge on any atom is -0.465 e. The molecule has 3 rings (SSSR count). The first-order valence-corrected chi connectivity index (χ1v) is 9.87. The number of benzene rings is 2.